The third kappa shape index (κ3) is 5.45. The number of aliphatic carboxylic acids is 1. The van der Waals surface area contributed by atoms with E-state index in [1.165, 1.54) is 11.1 Å². The van der Waals surface area contributed by atoms with Crippen LogP contribution >= 0.6 is 0 Å². The highest BCUT2D eigenvalue weighted by Gasteiger charge is 2.70. The zero-order valence-corrected chi connectivity index (χ0v) is 32.9. The van der Waals surface area contributed by atoms with E-state index >= 15 is 0 Å². The molecule has 1 N–H and O–H groups in total. The molecule has 1 saturated heterocycles. The lowest BCUT2D eigenvalue weighted by atomic mass is 9.33. The van der Waals surface area contributed by atoms with Crippen LogP contribution in [0.1, 0.15) is 133 Å². The first-order valence-electron chi connectivity index (χ1n) is 19.8. The molecule has 0 aromatic carbocycles. The van der Waals surface area contributed by atoms with Crippen LogP contribution in [0.5, 0.6) is 0 Å². The highest BCUT2D eigenvalue weighted by atomic mass is 16.5. The molecule has 6 aliphatic rings. The molecule has 1 aliphatic heterocycles. The van der Waals surface area contributed by atoms with Crippen molar-refractivity contribution < 1.29 is 29.0 Å². The Hall–Kier alpha value is -2.22. The van der Waals surface area contributed by atoms with Gasteiger partial charge in [0.1, 0.15) is 6.10 Å². The van der Waals surface area contributed by atoms with Gasteiger partial charge in [0.15, 0.2) is 0 Å². The van der Waals surface area contributed by atoms with Crippen molar-refractivity contribution in [2.24, 2.45) is 56.2 Å². The zero-order valence-electron chi connectivity index (χ0n) is 32.9. The van der Waals surface area contributed by atoms with E-state index < -0.39 is 22.8 Å². The third-order valence-electron chi connectivity index (χ3n) is 16.5. The zero-order chi connectivity index (χ0) is 36.8. The molecule has 50 heavy (non-hydrogen) atoms. The summed E-state index contributed by atoms with van der Waals surface area (Å²) in [6, 6.07) is 0. The largest absolute Gasteiger partial charge is 0.481 e. The Labute approximate surface area is 301 Å². The van der Waals surface area contributed by atoms with Gasteiger partial charge in [-0.3, -0.25) is 19.2 Å². The van der Waals surface area contributed by atoms with Gasteiger partial charge in [0.05, 0.1) is 17.3 Å². The molecule has 0 aromatic rings. The number of hydrogen-bond acceptors (Lipinski definition) is 6. The topological polar surface area (TPSA) is 104 Å². The van der Waals surface area contributed by atoms with E-state index in [1.807, 2.05) is 4.90 Å². The van der Waals surface area contributed by atoms with Gasteiger partial charge in [-0.1, -0.05) is 59.6 Å². The van der Waals surface area contributed by atoms with Gasteiger partial charge in [0.2, 0.25) is 5.78 Å². The number of Topliss-reactive ketones (excluding diaryl/α,β-unsaturated/α-hetero) is 1. The molecular weight excluding hydrogens is 628 g/mol. The molecule has 0 aromatic heterocycles. The van der Waals surface area contributed by atoms with E-state index in [0.29, 0.717) is 36.8 Å². The Morgan fingerprint density at radius 1 is 0.840 bits per heavy atom. The number of piperazine rings is 1. The molecule has 0 spiro atoms. The van der Waals surface area contributed by atoms with Gasteiger partial charge in [-0.25, -0.2) is 0 Å². The standard InChI is InChI=1S/C42H66N2O6/c1-26(2)27-13-18-42(34(46)35(47)44-23-21-43(10)22-24-44)20-19-40(8)28(33(27)42)11-12-30-39(7)16-15-31(50-32(45)25-37(3,4)36(48)49)38(5,6)29(39)14-17-41(30,40)9/h26,28-31H,11-25H2,1-10H3,(H,48,49)/t28?,29-,30+,31-,39?,40+,41+,42?/m0/s1. The molecule has 8 nitrogen and oxygen atoms in total. The summed E-state index contributed by atoms with van der Waals surface area (Å²) in [7, 11) is 2.08. The number of allylic oxidation sites excluding steroid dienone is 2. The van der Waals surface area contributed by atoms with Crippen molar-refractivity contribution in [1.29, 1.82) is 0 Å². The first-order chi connectivity index (χ1) is 23.2. The second-order valence-corrected chi connectivity index (χ2v) is 19.9. The van der Waals surface area contributed by atoms with Crippen molar-refractivity contribution in [2.75, 3.05) is 33.2 Å². The van der Waals surface area contributed by atoms with E-state index in [2.05, 4.69) is 60.4 Å². The molecular formula is C42H66N2O6. The summed E-state index contributed by atoms with van der Waals surface area (Å²) >= 11 is 0. The van der Waals surface area contributed by atoms with Gasteiger partial charge in [-0.15, -0.1) is 0 Å². The van der Waals surface area contributed by atoms with Crippen LogP contribution in [0.2, 0.25) is 0 Å². The number of ketones is 1. The maximum Gasteiger partial charge on any atom is 0.309 e. The molecule has 0 bridgehead atoms. The minimum absolute atomic E-state index is 0.0280. The van der Waals surface area contributed by atoms with Gasteiger partial charge >= 0.3 is 11.9 Å². The molecule has 1 amide bonds. The van der Waals surface area contributed by atoms with Crippen molar-refractivity contribution >= 4 is 23.6 Å². The van der Waals surface area contributed by atoms with E-state index in [9.17, 15) is 24.3 Å². The maximum atomic E-state index is 14.6. The number of likely N-dealkylation sites (N-methyl/N-ethyl adjacent to an activating group) is 1. The quantitative estimate of drug-likeness (QED) is 0.167. The molecule has 5 aliphatic carbocycles. The lowest BCUT2D eigenvalue weighted by Gasteiger charge is -2.72. The van der Waals surface area contributed by atoms with Gasteiger partial charge < -0.3 is 19.6 Å². The molecule has 0 radical (unpaired) electrons. The van der Waals surface area contributed by atoms with Crippen LogP contribution in [0.3, 0.4) is 0 Å². The number of ether oxygens (including phenoxy) is 1. The fourth-order valence-electron chi connectivity index (χ4n) is 13.2. The minimum Gasteiger partial charge on any atom is -0.481 e. The van der Waals surface area contributed by atoms with Crippen molar-refractivity contribution in [3.8, 4) is 0 Å². The number of rotatable bonds is 7. The summed E-state index contributed by atoms with van der Waals surface area (Å²) in [4.78, 5) is 57.5. The van der Waals surface area contributed by atoms with Gasteiger partial charge in [-0.2, -0.15) is 0 Å². The lowest BCUT2D eigenvalue weighted by molar-refractivity contribution is -0.233. The summed E-state index contributed by atoms with van der Waals surface area (Å²) in [5, 5.41) is 9.60. The molecule has 280 valence electrons. The third-order valence-corrected chi connectivity index (χ3v) is 16.5. The number of carboxylic acids is 1. The predicted octanol–water partition coefficient (Wildman–Crippen LogP) is 7.54. The van der Waals surface area contributed by atoms with Crippen LogP contribution in [0.25, 0.3) is 0 Å². The normalized spacial score (nSPS) is 40.0. The Morgan fingerprint density at radius 2 is 1.50 bits per heavy atom. The average molecular weight is 695 g/mol. The lowest BCUT2D eigenvalue weighted by Crippen LogP contribution is -2.66. The van der Waals surface area contributed by atoms with Crippen LogP contribution in [0.4, 0.5) is 0 Å². The Balaban J connectivity index is 1.28. The summed E-state index contributed by atoms with van der Waals surface area (Å²) in [6.45, 7) is 22.8. The second kappa shape index (κ2) is 12.4. The maximum absolute atomic E-state index is 14.6. The number of fused-ring (bicyclic) bond motifs is 7. The first-order valence-corrected chi connectivity index (χ1v) is 19.8. The molecule has 4 saturated carbocycles. The molecule has 5 fully saturated rings. The fourth-order valence-corrected chi connectivity index (χ4v) is 13.2. The van der Waals surface area contributed by atoms with Gasteiger partial charge in [0.25, 0.3) is 5.91 Å². The van der Waals surface area contributed by atoms with E-state index in [0.717, 1.165) is 77.3 Å². The fraction of sp³-hybridized carbons (Fsp3) is 0.857. The van der Waals surface area contributed by atoms with Gasteiger partial charge in [-0.05, 0) is 125 Å². The minimum atomic E-state index is -1.16. The first kappa shape index (κ1) is 37.5. The number of carbonyl (C=O) groups excluding carboxylic acids is 3. The van der Waals surface area contributed by atoms with Crippen molar-refractivity contribution in [2.45, 2.75) is 139 Å². The van der Waals surface area contributed by atoms with Crippen LogP contribution in [-0.4, -0.2) is 77.9 Å². The van der Waals surface area contributed by atoms with Crippen LogP contribution in [0.15, 0.2) is 11.1 Å². The number of carbonyl (C=O) groups is 4. The highest BCUT2D eigenvalue weighted by Crippen LogP contribution is 2.77. The van der Waals surface area contributed by atoms with Crippen LogP contribution < -0.4 is 0 Å². The number of esters is 1. The van der Waals surface area contributed by atoms with E-state index in [4.69, 9.17) is 4.74 Å². The molecule has 8 atom stereocenters. The van der Waals surface area contributed by atoms with Crippen molar-refractivity contribution in [3.63, 3.8) is 0 Å². The Morgan fingerprint density at radius 3 is 2.12 bits per heavy atom. The van der Waals surface area contributed by atoms with Crippen molar-refractivity contribution in [1.82, 2.24) is 9.80 Å². The molecule has 3 unspecified atom stereocenters. The number of nitrogens with zero attached hydrogens (tertiary/aromatic N) is 2. The SMILES string of the molecule is CC(C)C1=C2C3CC[C@@H]4C5(C)CC[C@H](OC(=O)CC(C)(C)C(=O)O)C(C)(C)[C@@H]5CC[C@@]4(C)[C@]3(C)CCC2(C(=O)C(=O)N2CCN(C)CC2)CC1. The second-order valence-electron chi connectivity index (χ2n) is 19.9. The van der Waals surface area contributed by atoms with Crippen molar-refractivity contribution in [3.05, 3.63) is 11.1 Å². The van der Waals surface area contributed by atoms with Crippen LogP contribution in [-0.2, 0) is 23.9 Å². The monoisotopic (exact) mass is 694 g/mol. The summed E-state index contributed by atoms with van der Waals surface area (Å²) in [5.74, 6) is -0.206. The van der Waals surface area contributed by atoms with Gasteiger partial charge in [0, 0.05) is 31.6 Å². The van der Waals surface area contributed by atoms with E-state index in [-0.39, 0.29) is 45.9 Å². The predicted molar refractivity (Wildman–Crippen MR) is 194 cm³/mol. The Kier molecular flexibility index (Phi) is 9.34. The molecule has 8 heteroatoms. The van der Waals surface area contributed by atoms with Crippen LogP contribution in [0, 0.1) is 56.2 Å². The number of amides is 1. The number of carboxylic acid groups (broad SMARTS) is 1. The Bertz CT molecular complexity index is 1460. The summed E-state index contributed by atoms with van der Waals surface area (Å²) < 4.78 is 6.16. The summed E-state index contributed by atoms with van der Waals surface area (Å²) in [5.41, 5.74) is 0.994. The molecule has 1 heterocycles. The summed E-state index contributed by atoms with van der Waals surface area (Å²) in [6.07, 6.45) is 9.24. The number of hydrogen-bond donors (Lipinski definition) is 1. The highest BCUT2D eigenvalue weighted by molar-refractivity contribution is 6.39. The smallest absolute Gasteiger partial charge is 0.309 e. The molecule has 6 rings (SSSR count). The average Bonchev–Trinajstić information content (AvgIpc) is 3.43. The van der Waals surface area contributed by atoms with E-state index in [1.54, 1.807) is 13.8 Å².